The molecule has 0 aliphatic carbocycles. The maximum atomic E-state index is 10.9. The van der Waals surface area contributed by atoms with E-state index in [0.717, 1.165) is 0 Å². The summed E-state index contributed by atoms with van der Waals surface area (Å²) in [7, 11) is 0. The van der Waals surface area contributed by atoms with Crippen molar-refractivity contribution in [3.63, 3.8) is 0 Å². The predicted molar refractivity (Wildman–Crippen MR) is 49.8 cm³/mol. The van der Waals surface area contributed by atoms with Crippen LogP contribution in [0, 0.1) is 5.92 Å². The number of aromatic nitrogens is 2. The lowest BCUT2D eigenvalue weighted by Crippen LogP contribution is -2.20. The molecule has 72 valence electrons. The van der Waals surface area contributed by atoms with E-state index in [1.54, 1.807) is 0 Å². The van der Waals surface area contributed by atoms with Gasteiger partial charge in [0.1, 0.15) is 0 Å². The molecule has 1 rings (SSSR count). The molecule has 1 N–H and O–H groups in total. The molecule has 0 saturated heterocycles. The minimum Gasteiger partial charge on any atom is -0.474 e. The van der Waals surface area contributed by atoms with Gasteiger partial charge in [-0.05, 0) is 12.8 Å². The fourth-order valence-electron chi connectivity index (χ4n) is 0.742. The van der Waals surface area contributed by atoms with Crippen molar-refractivity contribution in [3.05, 3.63) is 22.7 Å². The first kappa shape index (κ1) is 9.77. The number of aromatic amines is 1. The minimum atomic E-state index is -0.194. The zero-order valence-corrected chi connectivity index (χ0v) is 8.07. The molecule has 1 aromatic rings. The molecule has 4 heteroatoms. The van der Waals surface area contributed by atoms with Crippen molar-refractivity contribution >= 4 is 0 Å². The molecular formula is C9H14N2O2. The average Bonchev–Trinajstić information content (AvgIpc) is 2.04. The van der Waals surface area contributed by atoms with Crippen LogP contribution in [0.5, 0.6) is 5.88 Å². The van der Waals surface area contributed by atoms with Crippen molar-refractivity contribution in [1.29, 1.82) is 0 Å². The van der Waals surface area contributed by atoms with Crippen molar-refractivity contribution in [3.8, 4) is 5.88 Å². The van der Waals surface area contributed by atoms with Crippen molar-refractivity contribution in [2.75, 3.05) is 0 Å². The van der Waals surface area contributed by atoms with Gasteiger partial charge in [0, 0.05) is 0 Å². The number of hydrogen-bond acceptors (Lipinski definition) is 3. The molecule has 0 fully saturated rings. The van der Waals surface area contributed by atoms with Crippen LogP contribution in [0.2, 0.25) is 0 Å². The van der Waals surface area contributed by atoms with E-state index >= 15 is 0 Å². The Hall–Kier alpha value is -1.32. The summed E-state index contributed by atoms with van der Waals surface area (Å²) in [6.07, 6.45) is 1.40. The monoisotopic (exact) mass is 182 g/mol. The highest BCUT2D eigenvalue weighted by atomic mass is 16.5. The Morgan fingerprint density at radius 3 is 2.69 bits per heavy atom. The standard InChI is InChI=1S/C9H14N2O2/c1-6(2)7(3)13-9-4-8(12)10-5-11-9/h4-7H,1-3H3,(H,10,11,12). The highest BCUT2D eigenvalue weighted by Crippen LogP contribution is 2.09. The molecule has 0 aliphatic rings. The van der Waals surface area contributed by atoms with Gasteiger partial charge in [-0.25, -0.2) is 4.98 Å². The summed E-state index contributed by atoms with van der Waals surface area (Å²) in [6.45, 7) is 6.06. The zero-order valence-electron chi connectivity index (χ0n) is 8.07. The third-order valence-corrected chi connectivity index (χ3v) is 1.90. The molecule has 1 heterocycles. The van der Waals surface area contributed by atoms with E-state index in [9.17, 15) is 4.79 Å². The quantitative estimate of drug-likeness (QED) is 0.764. The van der Waals surface area contributed by atoms with Crippen molar-refractivity contribution in [1.82, 2.24) is 9.97 Å². The van der Waals surface area contributed by atoms with Gasteiger partial charge in [0.2, 0.25) is 5.88 Å². The van der Waals surface area contributed by atoms with Crippen LogP contribution in [0.25, 0.3) is 0 Å². The highest BCUT2D eigenvalue weighted by Gasteiger charge is 2.09. The van der Waals surface area contributed by atoms with E-state index in [2.05, 4.69) is 23.8 Å². The molecule has 4 nitrogen and oxygen atoms in total. The Morgan fingerprint density at radius 2 is 2.15 bits per heavy atom. The summed E-state index contributed by atoms with van der Waals surface area (Å²) in [4.78, 5) is 17.2. The summed E-state index contributed by atoms with van der Waals surface area (Å²) in [5.74, 6) is 0.783. The lowest BCUT2D eigenvalue weighted by Gasteiger charge is -2.16. The maximum Gasteiger partial charge on any atom is 0.254 e. The summed E-state index contributed by atoms with van der Waals surface area (Å²) in [6, 6.07) is 1.35. The first-order chi connectivity index (χ1) is 6.09. The third-order valence-electron chi connectivity index (χ3n) is 1.90. The second-order valence-corrected chi connectivity index (χ2v) is 3.32. The van der Waals surface area contributed by atoms with Gasteiger partial charge >= 0.3 is 0 Å². The molecule has 0 saturated carbocycles. The molecule has 0 bridgehead atoms. The predicted octanol–water partition coefficient (Wildman–Crippen LogP) is 1.19. The van der Waals surface area contributed by atoms with Gasteiger partial charge in [-0.2, -0.15) is 0 Å². The first-order valence-electron chi connectivity index (χ1n) is 4.31. The van der Waals surface area contributed by atoms with E-state index in [4.69, 9.17) is 4.74 Å². The lowest BCUT2D eigenvalue weighted by molar-refractivity contribution is 0.163. The fraction of sp³-hybridized carbons (Fsp3) is 0.556. The van der Waals surface area contributed by atoms with E-state index in [1.165, 1.54) is 12.4 Å². The molecule has 13 heavy (non-hydrogen) atoms. The van der Waals surface area contributed by atoms with Crippen LogP contribution in [0.1, 0.15) is 20.8 Å². The lowest BCUT2D eigenvalue weighted by atomic mass is 10.1. The molecule has 0 aromatic carbocycles. The summed E-state index contributed by atoms with van der Waals surface area (Å²) >= 11 is 0. The molecule has 0 aliphatic heterocycles. The molecule has 0 amide bonds. The Labute approximate surface area is 77.0 Å². The van der Waals surface area contributed by atoms with Crippen LogP contribution in [-0.2, 0) is 0 Å². The maximum absolute atomic E-state index is 10.9. The Kier molecular flexibility index (Phi) is 3.06. The number of ether oxygens (including phenoxy) is 1. The molecule has 0 spiro atoms. The third kappa shape index (κ3) is 2.89. The smallest absolute Gasteiger partial charge is 0.254 e. The molecule has 0 radical (unpaired) electrons. The summed E-state index contributed by atoms with van der Waals surface area (Å²) in [5.41, 5.74) is -0.194. The van der Waals surface area contributed by atoms with E-state index in [0.29, 0.717) is 11.8 Å². The van der Waals surface area contributed by atoms with Crippen LogP contribution in [0.15, 0.2) is 17.2 Å². The van der Waals surface area contributed by atoms with Gasteiger partial charge in [0.05, 0.1) is 18.5 Å². The van der Waals surface area contributed by atoms with Gasteiger partial charge < -0.3 is 9.72 Å². The number of H-pyrrole nitrogens is 1. The van der Waals surface area contributed by atoms with E-state index in [1.807, 2.05) is 6.92 Å². The van der Waals surface area contributed by atoms with E-state index < -0.39 is 0 Å². The first-order valence-corrected chi connectivity index (χ1v) is 4.31. The number of nitrogens with zero attached hydrogens (tertiary/aromatic N) is 1. The van der Waals surface area contributed by atoms with Crippen molar-refractivity contribution in [2.45, 2.75) is 26.9 Å². The minimum absolute atomic E-state index is 0.0642. The number of rotatable bonds is 3. The highest BCUT2D eigenvalue weighted by molar-refractivity contribution is 5.05. The molecule has 1 aromatic heterocycles. The van der Waals surface area contributed by atoms with Gasteiger partial charge in [-0.3, -0.25) is 4.79 Å². The Bertz CT molecular complexity index is 319. The van der Waals surface area contributed by atoms with Gasteiger partial charge in [-0.15, -0.1) is 0 Å². The molecular weight excluding hydrogens is 168 g/mol. The van der Waals surface area contributed by atoms with Crippen LogP contribution in [-0.4, -0.2) is 16.1 Å². The van der Waals surface area contributed by atoms with Crippen LogP contribution in [0.4, 0.5) is 0 Å². The Balaban J connectivity index is 2.69. The van der Waals surface area contributed by atoms with Gasteiger partial charge in [0.15, 0.2) is 0 Å². The number of hydrogen-bond donors (Lipinski definition) is 1. The SMILES string of the molecule is CC(C)C(C)Oc1cc(=O)[nH]cn1. The van der Waals surface area contributed by atoms with Crippen molar-refractivity contribution in [2.24, 2.45) is 5.92 Å². The second-order valence-electron chi connectivity index (χ2n) is 3.32. The molecule has 1 atom stereocenters. The fourth-order valence-corrected chi connectivity index (χ4v) is 0.742. The summed E-state index contributed by atoms with van der Waals surface area (Å²) < 4.78 is 5.43. The summed E-state index contributed by atoms with van der Waals surface area (Å²) in [5, 5.41) is 0. The Morgan fingerprint density at radius 1 is 1.46 bits per heavy atom. The van der Waals surface area contributed by atoms with E-state index in [-0.39, 0.29) is 11.7 Å². The molecule has 1 unspecified atom stereocenters. The normalized spacial score (nSPS) is 12.9. The van der Waals surface area contributed by atoms with Crippen LogP contribution >= 0.6 is 0 Å². The van der Waals surface area contributed by atoms with Crippen LogP contribution < -0.4 is 10.3 Å². The van der Waals surface area contributed by atoms with Crippen LogP contribution in [0.3, 0.4) is 0 Å². The van der Waals surface area contributed by atoms with Gasteiger partial charge in [0.25, 0.3) is 5.56 Å². The number of nitrogens with one attached hydrogen (secondary N) is 1. The largest absolute Gasteiger partial charge is 0.474 e. The average molecular weight is 182 g/mol. The van der Waals surface area contributed by atoms with Gasteiger partial charge in [-0.1, -0.05) is 13.8 Å². The zero-order chi connectivity index (χ0) is 9.84. The topological polar surface area (TPSA) is 55.0 Å². The second kappa shape index (κ2) is 4.07. The van der Waals surface area contributed by atoms with Crippen molar-refractivity contribution < 1.29 is 4.74 Å².